The molecule has 4 heteroatoms. The van der Waals surface area contributed by atoms with Crippen molar-refractivity contribution in [1.29, 1.82) is 0 Å². The lowest BCUT2D eigenvalue weighted by atomic mass is 10.2. The first-order valence-electron chi connectivity index (χ1n) is 6.44. The molecule has 0 amide bonds. The summed E-state index contributed by atoms with van der Waals surface area (Å²) in [6.45, 7) is 2.44. The second kappa shape index (κ2) is 5.25. The Morgan fingerprint density at radius 2 is 1.95 bits per heavy atom. The number of aromatic nitrogens is 2. The van der Waals surface area contributed by atoms with E-state index < -0.39 is 0 Å². The first-order valence-corrected chi connectivity index (χ1v) is 6.97. The quantitative estimate of drug-likeness (QED) is 0.658. The molecule has 0 fully saturated rings. The Morgan fingerprint density at radius 3 is 2.65 bits per heavy atom. The summed E-state index contributed by atoms with van der Waals surface area (Å²) in [7, 11) is 0. The third-order valence-electron chi connectivity index (χ3n) is 3.41. The fourth-order valence-electron chi connectivity index (χ4n) is 2.34. The zero-order valence-corrected chi connectivity index (χ0v) is 11.9. The van der Waals surface area contributed by atoms with Gasteiger partial charge in [0.2, 0.25) is 0 Å². The van der Waals surface area contributed by atoms with E-state index in [0.29, 0.717) is 23.5 Å². The summed E-state index contributed by atoms with van der Waals surface area (Å²) in [4.78, 5) is 4.42. The maximum atomic E-state index is 13.6. The van der Waals surface area contributed by atoms with Gasteiger partial charge in [-0.2, -0.15) is 0 Å². The molecule has 2 nitrogen and oxygen atoms in total. The van der Waals surface area contributed by atoms with Gasteiger partial charge < -0.3 is 4.57 Å². The van der Waals surface area contributed by atoms with Gasteiger partial charge in [0.15, 0.2) is 0 Å². The molecule has 0 saturated heterocycles. The molecule has 20 heavy (non-hydrogen) atoms. The summed E-state index contributed by atoms with van der Waals surface area (Å²) in [5, 5.41) is 0. The molecule has 0 atom stereocenters. The third-order valence-corrected chi connectivity index (χ3v) is 3.65. The number of alkyl halides is 1. The van der Waals surface area contributed by atoms with E-state index in [4.69, 9.17) is 11.6 Å². The molecule has 1 heterocycles. The molecule has 1 aromatic heterocycles. The average molecular weight is 289 g/mol. The van der Waals surface area contributed by atoms with Gasteiger partial charge in [0, 0.05) is 12.6 Å². The Kier molecular flexibility index (Phi) is 3.45. The number of aryl methyl sites for hydroxylation is 1. The summed E-state index contributed by atoms with van der Waals surface area (Å²) in [6, 6.07) is 13.4. The van der Waals surface area contributed by atoms with Gasteiger partial charge in [-0.25, -0.2) is 9.37 Å². The molecule has 0 bridgehead atoms. The van der Waals surface area contributed by atoms with Gasteiger partial charge in [-0.15, -0.1) is 11.6 Å². The fraction of sp³-hybridized carbons (Fsp3) is 0.188. The van der Waals surface area contributed by atoms with Gasteiger partial charge in [0.25, 0.3) is 0 Å². The van der Waals surface area contributed by atoms with Crippen molar-refractivity contribution in [2.45, 2.75) is 19.3 Å². The molecule has 3 aromatic rings. The maximum absolute atomic E-state index is 13.6. The Hall–Kier alpha value is -1.87. The van der Waals surface area contributed by atoms with E-state index in [1.165, 1.54) is 11.6 Å². The number of halogens is 2. The van der Waals surface area contributed by atoms with E-state index in [2.05, 4.69) is 17.1 Å². The third kappa shape index (κ3) is 2.29. The van der Waals surface area contributed by atoms with Crippen LogP contribution in [0, 0.1) is 12.7 Å². The largest absolute Gasteiger partial charge is 0.322 e. The predicted octanol–water partition coefficient (Wildman–Crippen LogP) is 4.27. The van der Waals surface area contributed by atoms with Crippen molar-refractivity contribution in [2.24, 2.45) is 0 Å². The minimum atomic E-state index is -0.233. The topological polar surface area (TPSA) is 17.8 Å². The molecular weight excluding hydrogens is 275 g/mol. The zero-order valence-electron chi connectivity index (χ0n) is 11.1. The lowest BCUT2D eigenvalue weighted by molar-refractivity contribution is 0.620. The number of imidazole rings is 1. The van der Waals surface area contributed by atoms with E-state index in [-0.39, 0.29) is 5.82 Å². The van der Waals surface area contributed by atoms with Crippen LogP contribution in [0.2, 0.25) is 0 Å². The standard InChI is InChI=1S/C16H14ClFN2/c1-11-7-15-14(8-13(11)18)19-16(9-17)20(15)10-12-5-3-2-4-6-12/h2-8H,9-10H2,1H3. The normalized spacial score (nSPS) is 11.2. The van der Waals surface area contributed by atoms with Crippen molar-refractivity contribution in [2.75, 3.05) is 0 Å². The molecule has 0 aliphatic rings. The second-order valence-corrected chi connectivity index (χ2v) is 5.09. The second-order valence-electron chi connectivity index (χ2n) is 4.82. The fourth-order valence-corrected chi connectivity index (χ4v) is 2.55. The number of hydrogen-bond donors (Lipinski definition) is 0. The molecule has 0 radical (unpaired) electrons. The lowest BCUT2D eigenvalue weighted by Gasteiger charge is -2.08. The van der Waals surface area contributed by atoms with E-state index >= 15 is 0 Å². The van der Waals surface area contributed by atoms with E-state index in [9.17, 15) is 4.39 Å². The monoisotopic (exact) mass is 288 g/mol. The summed E-state index contributed by atoms with van der Waals surface area (Å²) in [6.07, 6.45) is 0. The van der Waals surface area contributed by atoms with Crippen molar-refractivity contribution in [3.8, 4) is 0 Å². The molecule has 3 rings (SSSR count). The van der Waals surface area contributed by atoms with Crippen LogP contribution >= 0.6 is 11.6 Å². The highest BCUT2D eigenvalue weighted by molar-refractivity contribution is 6.16. The molecule has 0 aliphatic carbocycles. The Balaban J connectivity index is 2.15. The Labute approximate surface area is 121 Å². The minimum absolute atomic E-state index is 0.233. The van der Waals surface area contributed by atoms with Crippen LogP contribution in [0.1, 0.15) is 17.0 Å². The van der Waals surface area contributed by atoms with Crippen molar-refractivity contribution in [3.05, 3.63) is 65.2 Å². The zero-order chi connectivity index (χ0) is 14.1. The van der Waals surface area contributed by atoms with Crippen LogP contribution < -0.4 is 0 Å². The van der Waals surface area contributed by atoms with Gasteiger partial charge in [-0.05, 0) is 24.1 Å². The van der Waals surface area contributed by atoms with Crippen molar-refractivity contribution < 1.29 is 4.39 Å². The van der Waals surface area contributed by atoms with Gasteiger partial charge in [-0.1, -0.05) is 30.3 Å². The Morgan fingerprint density at radius 1 is 1.20 bits per heavy atom. The summed E-state index contributed by atoms with van der Waals surface area (Å²) in [5.74, 6) is 0.834. The molecule has 0 spiro atoms. The molecule has 102 valence electrons. The van der Waals surface area contributed by atoms with Crippen molar-refractivity contribution in [1.82, 2.24) is 9.55 Å². The van der Waals surface area contributed by atoms with Gasteiger partial charge in [0.1, 0.15) is 11.6 Å². The summed E-state index contributed by atoms with van der Waals surface area (Å²) in [5.41, 5.74) is 3.36. The van der Waals surface area contributed by atoms with E-state index in [0.717, 1.165) is 11.3 Å². The van der Waals surface area contributed by atoms with Crippen LogP contribution in [0.4, 0.5) is 4.39 Å². The first-order chi connectivity index (χ1) is 9.69. The van der Waals surface area contributed by atoms with E-state index in [1.54, 1.807) is 6.92 Å². The SMILES string of the molecule is Cc1cc2c(cc1F)nc(CCl)n2Cc1ccccc1. The molecule has 2 aromatic carbocycles. The Bertz CT molecular complexity index is 750. The number of hydrogen-bond acceptors (Lipinski definition) is 1. The van der Waals surface area contributed by atoms with Crippen molar-refractivity contribution in [3.63, 3.8) is 0 Å². The van der Waals surface area contributed by atoms with Crippen LogP contribution in [0.25, 0.3) is 11.0 Å². The molecule has 0 saturated carbocycles. The summed E-state index contributed by atoms with van der Waals surface area (Å²) < 4.78 is 15.7. The highest BCUT2D eigenvalue weighted by Gasteiger charge is 2.12. The molecule has 0 N–H and O–H groups in total. The van der Waals surface area contributed by atoms with E-state index in [1.807, 2.05) is 28.8 Å². The number of benzene rings is 2. The minimum Gasteiger partial charge on any atom is -0.322 e. The highest BCUT2D eigenvalue weighted by Crippen LogP contribution is 2.22. The van der Waals surface area contributed by atoms with Crippen LogP contribution in [-0.4, -0.2) is 9.55 Å². The summed E-state index contributed by atoms with van der Waals surface area (Å²) >= 11 is 5.97. The smallest absolute Gasteiger partial charge is 0.128 e. The van der Waals surface area contributed by atoms with Gasteiger partial charge >= 0.3 is 0 Å². The highest BCUT2D eigenvalue weighted by atomic mass is 35.5. The first kappa shape index (κ1) is 13.1. The van der Waals surface area contributed by atoms with Crippen LogP contribution in [-0.2, 0) is 12.4 Å². The van der Waals surface area contributed by atoms with Crippen LogP contribution in [0.15, 0.2) is 42.5 Å². The van der Waals surface area contributed by atoms with Crippen molar-refractivity contribution >= 4 is 22.6 Å². The maximum Gasteiger partial charge on any atom is 0.128 e. The van der Waals surface area contributed by atoms with Crippen LogP contribution in [0.3, 0.4) is 0 Å². The molecular formula is C16H14ClFN2. The molecule has 0 aliphatic heterocycles. The lowest BCUT2D eigenvalue weighted by Crippen LogP contribution is -2.03. The van der Waals surface area contributed by atoms with Gasteiger partial charge in [-0.3, -0.25) is 0 Å². The van der Waals surface area contributed by atoms with Crippen LogP contribution in [0.5, 0.6) is 0 Å². The number of rotatable bonds is 3. The number of fused-ring (bicyclic) bond motifs is 1. The molecule has 0 unspecified atom stereocenters. The average Bonchev–Trinajstić information content (AvgIpc) is 2.78. The predicted molar refractivity (Wildman–Crippen MR) is 79.5 cm³/mol. The van der Waals surface area contributed by atoms with Gasteiger partial charge in [0.05, 0.1) is 16.9 Å². The number of nitrogens with zero attached hydrogens (tertiary/aromatic N) is 2.